The van der Waals surface area contributed by atoms with Crippen LogP contribution < -0.4 is 10.1 Å². The molecule has 0 saturated heterocycles. The maximum Gasteiger partial charge on any atom is 0.217 e. The number of halogens is 1. The van der Waals surface area contributed by atoms with Crippen LogP contribution in [0.5, 0.6) is 5.75 Å². The molecule has 3 aromatic rings. The summed E-state index contributed by atoms with van der Waals surface area (Å²) in [6.07, 6.45) is 0. The molecule has 3 rings (SSSR count). The molecule has 24 heavy (non-hydrogen) atoms. The van der Waals surface area contributed by atoms with Gasteiger partial charge in [0.05, 0.1) is 24.1 Å². The van der Waals surface area contributed by atoms with Crippen LogP contribution in [0.2, 0.25) is 5.02 Å². The summed E-state index contributed by atoms with van der Waals surface area (Å²) in [6, 6.07) is 15.2. The number of imidazole rings is 1. The van der Waals surface area contributed by atoms with Crippen molar-refractivity contribution in [1.29, 1.82) is 0 Å². The third-order valence-corrected chi connectivity index (χ3v) is 3.88. The van der Waals surface area contributed by atoms with Crippen molar-refractivity contribution >= 4 is 28.5 Å². The average molecular weight is 344 g/mol. The molecule has 6 heteroatoms. The van der Waals surface area contributed by atoms with E-state index in [1.807, 2.05) is 36.4 Å². The highest BCUT2D eigenvalue weighted by atomic mass is 35.5. The van der Waals surface area contributed by atoms with Crippen molar-refractivity contribution in [2.24, 2.45) is 0 Å². The fourth-order valence-corrected chi connectivity index (χ4v) is 2.62. The number of carbonyl (C=O) groups is 1. The number of amides is 1. The van der Waals surface area contributed by atoms with E-state index in [0.717, 1.165) is 22.6 Å². The molecule has 0 aliphatic heterocycles. The third-order valence-electron chi connectivity index (χ3n) is 3.63. The van der Waals surface area contributed by atoms with Crippen molar-refractivity contribution in [3.8, 4) is 5.75 Å². The topological polar surface area (TPSA) is 56.2 Å². The van der Waals surface area contributed by atoms with Crippen molar-refractivity contribution in [2.75, 3.05) is 6.61 Å². The Morgan fingerprint density at radius 3 is 2.71 bits per heavy atom. The molecule has 1 heterocycles. The summed E-state index contributed by atoms with van der Waals surface area (Å²) >= 11 is 5.87. The molecule has 0 radical (unpaired) electrons. The smallest absolute Gasteiger partial charge is 0.217 e. The second-order valence-electron chi connectivity index (χ2n) is 5.38. The van der Waals surface area contributed by atoms with Gasteiger partial charge in [0, 0.05) is 11.9 Å². The number of hydrogen-bond acceptors (Lipinski definition) is 3. The number of para-hydroxylation sites is 2. The minimum absolute atomic E-state index is 0.0778. The monoisotopic (exact) mass is 343 g/mol. The lowest BCUT2D eigenvalue weighted by molar-refractivity contribution is -0.119. The zero-order valence-electron chi connectivity index (χ0n) is 13.3. The van der Waals surface area contributed by atoms with E-state index in [1.54, 1.807) is 12.1 Å². The Bertz CT molecular complexity index is 843. The highest BCUT2D eigenvalue weighted by molar-refractivity contribution is 6.30. The number of carbonyl (C=O) groups excluding carboxylic acids is 1. The Kier molecular flexibility index (Phi) is 5.01. The number of rotatable bonds is 6. The fourth-order valence-electron chi connectivity index (χ4n) is 2.50. The zero-order valence-corrected chi connectivity index (χ0v) is 14.1. The van der Waals surface area contributed by atoms with Gasteiger partial charge in [0.2, 0.25) is 5.91 Å². The summed E-state index contributed by atoms with van der Waals surface area (Å²) in [4.78, 5) is 15.8. The first-order valence-corrected chi connectivity index (χ1v) is 8.08. The van der Waals surface area contributed by atoms with Crippen LogP contribution in [0.4, 0.5) is 0 Å². The van der Waals surface area contributed by atoms with Gasteiger partial charge in [-0.3, -0.25) is 4.79 Å². The Morgan fingerprint density at radius 1 is 1.21 bits per heavy atom. The molecule has 1 amide bonds. The number of nitrogens with zero attached hydrogens (tertiary/aromatic N) is 2. The maximum atomic E-state index is 11.2. The number of fused-ring (bicyclic) bond motifs is 1. The van der Waals surface area contributed by atoms with E-state index in [2.05, 4.69) is 14.9 Å². The molecule has 0 aliphatic carbocycles. The molecule has 0 atom stereocenters. The first kappa shape index (κ1) is 16.3. The summed E-state index contributed by atoms with van der Waals surface area (Å²) in [7, 11) is 0. The molecule has 2 aromatic carbocycles. The van der Waals surface area contributed by atoms with Gasteiger partial charge in [-0.05, 0) is 36.4 Å². The Hall–Kier alpha value is -2.53. The predicted molar refractivity (Wildman–Crippen MR) is 94.2 cm³/mol. The van der Waals surface area contributed by atoms with Gasteiger partial charge in [-0.25, -0.2) is 4.98 Å². The van der Waals surface area contributed by atoms with E-state index < -0.39 is 0 Å². The van der Waals surface area contributed by atoms with Crippen molar-refractivity contribution in [1.82, 2.24) is 14.9 Å². The van der Waals surface area contributed by atoms with Crippen molar-refractivity contribution in [3.05, 3.63) is 59.4 Å². The Balaban J connectivity index is 1.75. The Labute approximate surface area is 145 Å². The normalized spacial score (nSPS) is 10.8. The minimum atomic E-state index is -0.0778. The van der Waals surface area contributed by atoms with Gasteiger partial charge in [-0.2, -0.15) is 0 Å². The molecule has 0 fully saturated rings. The van der Waals surface area contributed by atoms with E-state index in [9.17, 15) is 4.79 Å². The lowest BCUT2D eigenvalue weighted by Gasteiger charge is -2.11. The molecule has 0 aliphatic rings. The zero-order chi connectivity index (χ0) is 16.9. The summed E-state index contributed by atoms with van der Waals surface area (Å²) < 4.78 is 7.84. The number of nitrogens with one attached hydrogen (secondary N) is 1. The van der Waals surface area contributed by atoms with Crippen LogP contribution in [0.3, 0.4) is 0 Å². The van der Waals surface area contributed by atoms with Crippen LogP contribution in [0, 0.1) is 0 Å². The molecular weight excluding hydrogens is 326 g/mol. The van der Waals surface area contributed by atoms with Crippen molar-refractivity contribution < 1.29 is 9.53 Å². The summed E-state index contributed by atoms with van der Waals surface area (Å²) in [5.41, 5.74) is 1.93. The molecule has 0 spiro atoms. The molecule has 124 valence electrons. The van der Waals surface area contributed by atoms with E-state index in [4.69, 9.17) is 16.3 Å². The van der Waals surface area contributed by atoms with Crippen LogP contribution in [-0.4, -0.2) is 22.1 Å². The lowest BCUT2D eigenvalue weighted by atomic mass is 10.3. The van der Waals surface area contributed by atoms with Gasteiger partial charge in [-0.1, -0.05) is 23.7 Å². The second-order valence-corrected chi connectivity index (χ2v) is 5.82. The highest BCUT2D eigenvalue weighted by Crippen LogP contribution is 2.18. The van der Waals surface area contributed by atoms with E-state index >= 15 is 0 Å². The number of aromatic nitrogens is 2. The molecule has 0 unspecified atom stereocenters. The summed E-state index contributed by atoms with van der Waals surface area (Å²) in [6.45, 7) is 3.02. The van der Waals surface area contributed by atoms with Crippen LogP contribution >= 0.6 is 11.6 Å². The van der Waals surface area contributed by atoms with Crippen molar-refractivity contribution in [3.63, 3.8) is 0 Å². The average Bonchev–Trinajstić information content (AvgIpc) is 2.93. The maximum absolute atomic E-state index is 11.2. The van der Waals surface area contributed by atoms with Gasteiger partial charge in [0.15, 0.2) is 0 Å². The Morgan fingerprint density at radius 2 is 1.96 bits per heavy atom. The molecular formula is C18H18ClN3O2. The predicted octanol–water partition coefficient (Wildman–Crippen LogP) is 3.40. The van der Waals surface area contributed by atoms with E-state index in [0.29, 0.717) is 24.7 Å². The van der Waals surface area contributed by atoms with Gasteiger partial charge < -0.3 is 14.6 Å². The second kappa shape index (κ2) is 7.36. The van der Waals surface area contributed by atoms with Crippen LogP contribution in [-0.2, 0) is 17.9 Å². The van der Waals surface area contributed by atoms with Gasteiger partial charge in [0.25, 0.3) is 0 Å². The largest absolute Gasteiger partial charge is 0.492 e. The first-order chi connectivity index (χ1) is 11.6. The molecule has 5 nitrogen and oxygen atoms in total. The van der Waals surface area contributed by atoms with Gasteiger partial charge >= 0.3 is 0 Å². The molecule has 1 aromatic heterocycles. The first-order valence-electron chi connectivity index (χ1n) is 7.70. The lowest BCUT2D eigenvalue weighted by Crippen LogP contribution is -2.22. The van der Waals surface area contributed by atoms with Gasteiger partial charge in [0.1, 0.15) is 18.2 Å². The minimum Gasteiger partial charge on any atom is -0.492 e. The standard InChI is InChI=1S/C18H18ClN3O2/c1-13(23)20-12-18-21-16-4-2-3-5-17(16)22(18)10-11-24-15-8-6-14(19)7-9-15/h2-9H,10-12H2,1H3,(H,20,23). The van der Waals surface area contributed by atoms with Crippen LogP contribution in [0.25, 0.3) is 11.0 Å². The van der Waals surface area contributed by atoms with E-state index in [-0.39, 0.29) is 5.91 Å². The number of ether oxygens (including phenoxy) is 1. The highest BCUT2D eigenvalue weighted by Gasteiger charge is 2.10. The van der Waals surface area contributed by atoms with Crippen molar-refractivity contribution in [2.45, 2.75) is 20.0 Å². The van der Waals surface area contributed by atoms with Crippen LogP contribution in [0.1, 0.15) is 12.7 Å². The number of benzene rings is 2. The molecule has 1 N–H and O–H groups in total. The molecule has 0 bridgehead atoms. The summed E-state index contributed by atoms with van der Waals surface area (Å²) in [5, 5.41) is 3.48. The van der Waals surface area contributed by atoms with Crippen LogP contribution in [0.15, 0.2) is 48.5 Å². The SMILES string of the molecule is CC(=O)NCc1nc2ccccc2n1CCOc1ccc(Cl)cc1. The third kappa shape index (κ3) is 3.86. The van der Waals surface area contributed by atoms with E-state index in [1.165, 1.54) is 6.92 Å². The fraction of sp³-hybridized carbons (Fsp3) is 0.222. The van der Waals surface area contributed by atoms with Gasteiger partial charge in [-0.15, -0.1) is 0 Å². The molecule has 0 saturated carbocycles. The number of hydrogen-bond donors (Lipinski definition) is 1. The summed E-state index contributed by atoms with van der Waals surface area (Å²) in [5.74, 6) is 1.50. The quantitative estimate of drug-likeness (QED) is 0.746.